The molecular weight excluding hydrogens is 267 g/mol. The lowest BCUT2D eigenvalue weighted by Gasteiger charge is -2.05. The number of halogens is 1. The van der Waals surface area contributed by atoms with Crippen LogP contribution in [0.5, 0.6) is 0 Å². The van der Waals surface area contributed by atoms with E-state index in [1.165, 1.54) is 18.2 Å². The largest absolute Gasteiger partial charge is 0.333 e. The second kappa shape index (κ2) is 7.55. The smallest absolute Gasteiger partial charge is 0.123 e. The monoisotopic (exact) mass is 286 g/mol. The Bertz CT molecular complexity index is 627. The fourth-order valence-electron chi connectivity index (χ4n) is 2.14. The first-order valence-corrected chi connectivity index (χ1v) is 7.13. The number of imidazole rings is 1. The zero-order valence-electron chi connectivity index (χ0n) is 12.1. The molecule has 0 aliphatic rings. The van der Waals surface area contributed by atoms with E-state index < -0.39 is 0 Å². The number of nitrogens with zero attached hydrogens (tertiary/aromatic N) is 3. The predicted octanol–water partition coefficient (Wildman–Crippen LogP) is 2.48. The van der Waals surface area contributed by atoms with Crippen molar-refractivity contribution in [2.24, 2.45) is 0 Å². The summed E-state index contributed by atoms with van der Waals surface area (Å²) in [5.74, 6) is -0.326. The van der Waals surface area contributed by atoms with Gasteiger partial charge in [-0.3, -0.25) is 0 Å². The molecule has 0 aliphatic carbocycles. The number of aromatic nitrogens is 2. The van der Waals surface area contributed by atoms with E-state index in [-0.39, 0.29) is 5.82 Å². The highest BCUT2D eigenvalue weighted by molar-refractivity contribution is 5.38. The van der Waals surface area contributed by atoms with Crippen LogP contribution in [0.2, 0.25) is 0 Å². The first-order valence-electron chi connectivity index (χ1n) is 7.13. The van der Waals surface area contributed by atoms with E-state index in [4.69, 9.17) is 5.26 Å². The minimum absolute atomic E-state index is 0.326. The van der Waals surface area contributed by atoms with Gasteiger partial charge in [0.1, 0.15) is 5.82 Å². The summed E-state index contributed by atoms with van der Waals surface area (Å²) in [6, 6.07) is 6.31. The highest BCUT2D eigenvalue weighted by Crippen LogP contribution is 2.12. The molecule has 1 aromatic carbocycles. The maximum Gasteiger partial charge on any atom is 0.123 e. The Labute approximate surface area is 124 Å². The van der Waals surface area contributed by atoms with Gasteiger partial charge in [0.2, 0.25) is 0 Å². The number of hydrogen-bond donors (Lipinski definition) is 1. The van der Waals surface area contributed by atoms with Crippen LogP contribution in [-0.4, -0.2) is 22.6 Å². The van der Waals surface area contributed by atoms with Crippen molar-refractivity contribution in [1.29, 1.82) is 5.26 Å². The van der Waals surface area contributed by atoms with E-state index in [1.54, 1.807) is 6.33 Å². The van der Waals surface area contributed by atoms with Crippen molar-refractivity contribution < 1.29 is 4.39 Å². The van der Waals surface area contributed by atoms with Crippen LogP contribution >= 0.6 is 0 Å². The number of nitrogens with one attached hydrogen (secondary N) is 1. The van der Waals surface area contributed by atoms with Crippen LogP contribution in [-0.2, 0) is 13.0 Å². The lowest BCUT2D eigenvalue weighted by atomic mass is 10.1. The van der Waals surface area contributed by atoms with Crippen LogP contribution in [0, 0.1) is 17.1 Å². The Morgan fingerprint density at radius 3 is 3.00 bits per heavy atom. The summed E-state index contributed by atoms with van der Waals surface area (Å²) in [6.07, 6.45) is 5.65. The van der Waals surface area contributed by atoms with Crippen molar-refractivity contribution in [2.45, 2.75) is 26.3 Å². The van der Waals surface area contributed by atoms with Gasteiger partial charge in [0.25, 0.3) is 0 Å². The van der Waals surface area contributed by atoms with Crippen LogP contribution in [0.25, 0.3) is 0 Å². The first kappa shape index (κ1) is 15.2. The van der Waals surface area contributed by atoms with Gasteiger partial charge in [-0.15, -0.1) is 0 Å². The molecule has 1 heterocycles. The SMILES string of the molecule is CCCNCCc1cn(Cc2cc(F)ccc2C#N)cn1. The fourth-order valence-corrected chi connectivity index (χ4v) is 2.14. The molecule has 110 valence electrons. The van der Waals surface area contributed by atoms with Gasteiger partial charge in [-0.25, -0.2) is 9.37 Å². The molecule has 21 heavy (non-hydrogen) atoms. The molecule has 2 aromatic rings. The van der Waals surface area contributed by atoms with Crippen molar-refractivity contribution in [2.75, 3.05) is 13.1 Å². The molecule has 0 aliphatic heterocycles. The summed E-state index contributed by atoms with van der Waals surface area (Å²) < 4.78 is 15.2. The Kier molecular flexibility index (Phi) is 5.47. The summed E-state index contributed by atoms with van der Waals surface area (Å²) >= 11 is 0. The summed E-state index contributed by atoms with van der Waals surface area (Å²) in [4.78, 5) is 4.33. The highest BCUT2D eigenvalue weighted by Gasteiger charge is 2.06. The fraction of sp³-hybridized carbons (Fsp3) is 0.375. The molecule has 5 heteroatoms. The maximum atomic E-state index is 13.3. The van der Waals surface area contributed by atoms with Gasteiger partial charge < -0.3 is 9.88 Å². The maximum absolute atomic E-state index is 13.3. The third-order valence-electron chi connectivity index (χ3n) is 3.21. The summed E-state index contributed by atoms with van der Waals surface area (Å²) in [5.41, 5.74) is 2.16. The van der Waals surface area contributed by atoms with Gasteiger partial charge >= 0.3 is 0 Å². The molecule has 1 aromatic heterocycles. The number of rotatable bonds is 7. The molecule has 0 bridgehead atoms. The molecule has 2 rings (SSSR count). The minimum Gasteiger partial charge on any atom is -0.333 e. The topological polar surface area (TPSA) is 53.6 Å². The molecule has 4 nitrogen and oxygen atoms in total. The molecule has 0 saturated carbocycles. The lowest BCUT2D eigenvalue weighted by molar-refractivity contribution is 0.623. The summed E-state index contributed by atoms with van der Waals surface area (Å²) in [7, 11) is 0. The van der Waals surface area contributed by atoms with E-state index in [9.17, 15) is 4.39 Å². The quantitative estimate of drug-likeness (QED) is 0.796. The zero-order valence-corrected chi connectivity index (χ0v) is 12.1. The van der Waals surface area contributed by atoms with Crippen LogP contribution in [0.1, 0.15) is 30.2 Å². The van der Waals surface area contributed by atoms with E-state index in [2.05, 4.69) is 23.3 Å². The third kappa shape index (κ3) is 4.40. The Balaban J connectivity index is 1.99. The van der Waals surface area contributed by atoms with E-state index in [1.807, 2.05) is 10.8 Å². The molecular formula is C16H19FN4. The van der Waals surface area contributed by atoms with E-state index in [0.29, 0.717) is 17.7 Å². The Morgan fingerprint density at radius 1 is 1.38 bits per heavy atom. The molecule has 0 saturated heterocycles. The standard InChI is InChI=1S/C16H19FN4/c1-2-6-19-7-5-16-11-21(12-20-16)10-14-8-15(17)4-3-13(14)9-18/h3-4,8,11-12,19H,2,5-7,10H2,1H3. The average Bonchev–Trinajstić information content (AvgIpc) is 2.91. The van der Waals surface area contributed by atoms with E-state index in [0.717, 1.165) is 31.6 Å². The van der Waals surface area contributed by atoms with Crippen molar-refractivity contribution in [3.8, 4) is 6.07 Å². The molecule has 0 amide bonds. The normalized spacial score (nSPS) is 10.5. The van der Waals surface area contributed by atoms with Gasteiger partial charge in [0, 0.05) is 25.7 Å². The zero-order chi connectivity index (χ0) is 15.1. The van der Waals surface area contributed by atoms with Crippen LogP contribution in [0.3, 0.4) is 0 Å². The predicted molar refractivity (Wildman–Crippen MR) is 79.3 cm³/mol. The molecule has 0 fully saturated rings. The molecule has 0 atom stereocenters. The van der Waals surface area contributed by atoms with Crippen LogP contribution in [0.15, 0.2) is 30.7 Å². The number of nitriles is 1. The third-order valence-corrected chi connectivity index (χ3v) is 3.21. The van der Waals surface area contributed by atoms with Crippen molar-refractivity contribution in [3.05, 3.63) is 53.4 Å². The first-order chi connectivity index (χ1) is 10.2. The van der Waals surface area contributed by atoms with Gasteiger partial charge in [0.05, 0.1) is 23.7 Å². The lowest BCUT2D eigenvalue weighted by Crippen LogP contribution is -2.17. The van der Waals surface area contributed by atoms with Gasteiger partial charge in [-0.2, -0.15) is 5.26 Å². The minimum atomic E-state index is -0.326. The average molecular weight is 286 g/mol. The van der Waals surface area contributed by atoms with E-state index >= 15 is 0 Å². The molecule has 0 spiro atoms. The highest BCUT2D eigenvalue weighted by atomic mass is 19.1. The second-order valence-corrected chi connectivity index (χ2v) is 4.95. The Hall–Kier alpha value is -2.19. The number of benzene rings is 1. The van der Waals surface area contributed by atoms with Gasteiger partial charge in [-0.05, 0) is 36.7 Å². The number of hydrogen-bond acceptors (Lipinski definition) is 3. The molecule has 0 unspecified atom stereocenters. The Morgan fingerprint density at radius 2 is 2.24 bits per heavy atom. The molecule has 1 N–H and O–H groups in total. The summed E-state index contributed by atoms with van der Waals surface area (Å²) in [6.45, 7) is 4.49. The summed E-state index contributed by atoms with van der Waals surface area (Å²) in [5, 5.41) is 12.4. The second-order valence-electron chi connectivity index (χ2n) is 4.95. The van der Waals surface area contributed by atoms with Crippen molar-refractivity contribution in [1.82, 2.24) is 14.9 Å². The van der Waals surface area contributed by atoms with Gasteiger partial charge in [-0.1, -0.05) is 6.92 Å². The van der Waals surface area contributed by atoms with Crippen LogP contribution in [0.4, 0.5) is 4.39 Å². The van der Waals surface area contributed by atoms with Crippen molar-refractivity contribution >= 4 is 0 Å². The van der Waals surface area contributed by atoms with Crippen LogP contribution < -0.4 is 5.32 Å². The van der Waals surface area contributed by atoms with Crippen molar-refractivity contribution in [3.63, 3.8) is 0 Å². The molecule has 0 radical (unpaired) electrons. The van der Waals surface area contributed by atoms with Gasteiger partial charge in [0.15, 0.2) is 0 Å².